The highest BCUT2D eigenvalue weighted by molar-refractivity contribution is 7.47. The number of benzene rings is 2. The molecule has 0 radical (unpaired) electrons. The van der Waals surface area contributed by atoms with Gasteiger partial charge in [0, 0.05) is 23.3 Å². The molecule has 4 heteroatoms. The molecule has 0 aliphatic heterocycles. The first-order chi connectivity index (χ1) is 12.1. The number of para-hydroxylation sites is 1. The molecule has 1 N–H and O–H groups in total. The molecule has 0 heterocycles. The molecule has 0 aliphatic rings. The summed E-state index contributed by atoms with van der Waals surface area (Å²) in [5.41, 5.74) is 3.18. The molecule has 0 saturated heterocycles. The van der Waals surface area contributed by atoms with Crippen molar-refractivity contribution in [3.05, 3.63) is 58.9 Å². The Labute approximate surface area is 159 Å². The maximum Gasteiger partial charge on any atom is 0.123 e. The van der Waals surface area contributed by atoms with Crippen LogP contribution in [0.1, 0.15) is 56.5 Å². The summed E-state index contributed by atoms with van der Waals surface area (Å²) >= 11 is 0. The smallest absolute Gasteiger partial charge is 0.123 e. The van der Waals surface area contributed by atoms with Gasteiger partial charge >= 0.3 is 0 Å². The Morgan fingerprint density at radius 2 is 1.88 bits per heavy atom. The first-order valence-corrected chi connectivity index (χ1v) is 10.3. The van der Waals surface area contributed by atoms with Crippen molar-refractivity contribution in [2.24, 2.45) is 0 Å². The Kier molecular flexibility index (Phi) is 6.82. The van der Waals surface area contributed by atoms with Crippen LogP contribution in [0.4, 0.5) is 4.39 Å². The zero-order valence-electron chi connectivity index (χ0n) is 16.7. The van der Waals surface area contributed by atoms with Crippen molar-refractivity contribution in [3.63, 3.8) is 0 Å². The molecule has 2 nitrogen and oxygen atoms in total. The number of rotatable bonds is 6. The highest BCUT2D eigenvalue weighted by Gasteiger charge is 2.21. The maximum absolute atomic E-state index is 13.9. The average molecular weight is 375 g/mol. The molecule has 26 heavy (non-hydrogen) atoms. The van der Waals surface area contributed by atoms with Gasteiger partial charge < -0.3 is 5.11 Å². The second kappa shape index (κ2) is 8.50. The van der Waals surface area contributed by atoms with Crippen LogP contribution in [0, 0.1) is 12.7 Å². The third-order valence-corrected chi connectivity index (χ3v) is 6.87. The van der Waals surface area contributed by atoms with Gasteiger partial charge in [-0.3, -0.25) is 4.90 Å². The van der Waals surface area contributed by atoms with Gasteiger partial charge in [0.2, 0.25) is 0 Å². The van der Waals surface area contributed by atoms with Gasteiger partial charge in [0.05, 0.1) is 0 Å². The molecular weight excluding hydrogens is 344 g/mol. The molecule has 142 valence electrons. The lowest BCUT2D eigenvalue weighted by Crippen LogP contribution is -2.38. The molecule has 2 rings (SSSR count). The van der Waals surface area contributed by atoms with Crippen molar-refractivity contribution in [2.45, 2.75) is 58.8 Å². The van der Waals surface area contributed by atoms with Gasteiger partial charge in [0.25, 0.3) is 0 Å². The maximum atomic E-state index is 13.9. The van der Waals surface area contributed by atoms with Gasteiger partial charge in [0.15, 0.2) is 0 Å². The van der Waals surface area contributed by atoms with E-state index in [-0.39, 0.29) is 17.0 Å². The predicted octanol–water partition coefficient (Wildman–Crippen LogP) is 5.53. The van der Waals surface area contributed by atoms with Gasteiger partial charge in [-0.2, -0.15) is 0 Å². The first kappa shape index (κ1) is 20.9. The van der Waals surface area contributed by atoms with Crippen LogP contribution >= 0.6 is 8.58 Å². The van der Waals surface area contributed by atoms with E-state index in [1.54, 1.807) is 12.1 Å². The van der Waals surface area contributed by atoms with Crippen LogP contribution in [0.15, 0.2) is 36.4 Å². The topological polar surface area (TPSA) is 23.5 Å². The molecule has 0 bridgehead atoms. The lowest BCUT2D eigenvalue weighted by atomic mass is 10.1. The molecule has 0 fully saturated rings. The lowest BCUT2D eigenvalue weighted by Gasteiger charge is -2.32. The SMILES string of the molecule is CCC(Pc1ccc(F)cc1CN(C)C(C)(C)C)c1cccc(C)c1O. The normalized spacial score (nSPS) is 13.7. The number of halogens is 1. The van der Waals surface area contributed by atoms with Crippen LogP contribution in [0.2, 0.25) is 0 Å². The van der Waals surface area contributed by atoms with E-state index in [1.807, 2.05) is 31.2 Å². The highest BCUT2D eigenvalue weighted by atomic mass is 31.1. The van der Waals surface area contributed by atoms with Crippen LogP contribution in [0.3, 0.4) is 0 Å². The van der Waals surface area contributed by atoms with E-state index in [0.29, 0.717) is 20.9 Å². The summed E-state index contributed by atoms with van der Waals surface area (Å²) in [7, 11) is 2.56. The molecule has 0 aliphatic carbocycles. The molecule has 0 spiro atoms. The van der Waals surface area contributed by atoms with Crippen LogP contribution in [0.5, 0.6) is 5.75 Å². The molecule has 2 aromatic rings. The molecule has 0 amide bonds. The Balaban J connectivity index is 2.34. The number of hydrogen-bond donors (Lipinski definition) is 1. The lowest BCUT2D eigenvalue weighted by molar-refractivity contribution is 0.167. The zero-order chi connectivity index (χ0) is 19.5. The van der Waals surface area contributed by atoms with E-state index in [2.05, 4.69) is 39.6 Å². The molecule has 2 aromatic carbocycles. The van der Waals surface area contributed by atoms with Crippen molar-refractivity contribution < 1.29 is 9.50 Å². The Hall–Kier alpha value is -1.44. The van der Waals surface area contributed by atoms with Crippen molar-refractivity contribution in [3.8, 4) is 5.75 Å². The van der Waals surface area contributed by atoms with Gasteiger partial charge in [-0.25, -0.2) is 4.39 Å². The van der Waals surface area contributed by atoms with Gasteiger partial charge in [-0.15, -0.1) is 0 Å². The Morgan fingerprint density at radius 1 is 1.19 bits per heavy atom. The number of hydrogen-bond acceptors (Lipinski definition) is 2. The number of nitrogens with zero attached hydrogens (tertiary/aromatic N) is 1. The first-order valence-electron chi connectivity index (χ1n) is 9.18. The molecule has 2 unspecified atom stereocenters. The van der Waals surface area contributed by atoms with Crippen LogP contribution in [-0.2, 0) is 6.54 Å². The minimum atomic E-state index is -0.192. The molecule has 0 aromatic heterocycles. The number of aromatic hydroxyl groups is 1. The quantitative estimate of drug-likeness (QED) is 0.672. The van der Waals surface area contributed by atoms with E-state index in [4.69, 9.17) is 0 Å². The molecule has 0 saturated carbocycles. The van der Waals surface area contributed by atoms with Crippen molar-refractivity contribution in [1.29, 1.82) is 0 Å². The fourth-order valence-electron chi connectivity index (χ4n) is 2.88. The van der Waals surface area contributed by atoms with E-state index < -0.39 is 0 Å². The summed E-state index contributed by atoms with van der Waals surface area (Å²) in [5, 5.41) is 11.7. The number of phenolic OH excluding ortho intramolecular Hbond substituents is 1. The summed E-state index contributed by atoms with van der Waals surface area (Å²) in [6.07, 6.45) is 0.932. The standard InChI is InChI=1S/C22H31FNOP/c1-7-19(18-10-8-9-15(2)21(18)25)26-20-12-11-17(23)13-16(20)14-24(6)22(3,4)5/h8-13,19,25-26H,7,14H2,1-6H3. The van der Waals surface area contributed by atoms with E-state index >= 15 is 0 Å². The minimum Gasteiger partial charge on any atom is -0.507 e. The molecular formula is C22H31FNOP. The van der Waals surface area contributed by atoms with Gasteiger partial charge in [-0.05, 0) is 69.7 Å². The summed E-state index contributed by atoms with van der Waals surface area (Å²) in [4.78, 5) is 2.24. The number of phenols is 1. The second-order valence-electron chi connectivity index (χ2n) is 7.95. The van der Waals surface area contributed by atoms with Gasteiger partial charge in [0.1, 0.15) is 11.6 Å². The summed E-state index contributed by atoms with van der Waals surface area (Å²) in [6, 6.07) is 11.1. The van der Waals surface area contributed by atoms with Crippen LogP contribution < -0.4 is 5.30 Å². The van der Waals surface area contributed by atoms with E-state index in [9.17, 15) is 9.50 Å². The monoisotopic (exact) mass is 375 g/mol. The third-order valence-electron chi connectivity index (χ3n) is 5.00. The molecule has 2 atom stereocenters. The predicted molar refractivity (Wildman–Crippen MR) is 111 cm³/mol. The Morgan fingerprint density at radius 3 is 2.50 bits per heavy atom. The Bertz CT molecular complexity index is 754. The van der Waals surface area contributed by atoms with E-state index in [1.165, 1.54) is 5.30 Å². The van der Waals surface area contributed by atoms with Crippen LogP contribution in [0.25, 0.3) is 0 Å². The zero-order valence-corrected chi connectivity index (χ0v) is 17.7. The average Bonchev–Trinajstić information content (AvgIpc) is 2.56. The third kappa shape index (κ3) is 5.05. The minimum absolute atomic E-state index is 0.0195. The summed E-state index contributed by atoms with van der Waals surface area (Å²) < 4.78 is 13.9. The summed E-state index contributed by atoms with van der Waals surface area (Å²) in [5.74, 6) is 0.199. The second-order valence-corrected chi connectivity index (χ2v) is 9.47. The summed E-state index contributed by atoms with van der Waals surface area (Å²) in [6.45, 7) is 11.3. The number of aryl methyl sites for hydroxylation is 1. The van der Waals surface area contributed by atoms with Crippen LogP contribution in [-0.4, -0.2) is 22.6 Å². The largest absolute Gasteiger partial charge is 0.507 e. The van der Waals surface area contributed by atoms with E-state index in [0.717, 1.165) is 23.1 Å². The highest BCUT2D eigenvalue weighted by Crippen LogP contribution is 2.42. The fourth-order valence-corrected chi connectivity index (χ4v) is 4.36. The van der Waals surface area contributed by atoms with Crippen molar-refractivity contribution >= 4 is 13.9 Å². The van der Waals surface area contributed by atoms with Crippen molar-refractivity contribution in [2.75, 3.05) is 7.05 Å². The van der Waals surface area contributed by atoms with Gasteiger partial charge in [-0.1, -0.05) is 39.8 Å². The van der Waals surface area contributed by atoms with Crippen molar-refractivity contribution in [1.82, 2.24) is 4.90 Å². The fraction of sp³-hybridized carbons (Fsp3) is 0.455.